The van der Waals surface area contributed by atoms with Crippen LogP contribution in [0.2, 0.25) is 0 Å². The van der Waals surface area contributed by atoms with E-state index in [4.69, 9.17) is 0 Å². The second-order valence-electron chi connectivity index (χ2n) is 3.95. The van der Waals surface area contributed by atoms with Crippen molar-refractivity contribution in [2.24, 2.45) is 7.05 Å². The second-order valence-corrected chi connectivity index (χ2v) is 3.95. The van der Waals surface area contributed by atoms with Gasteiger partial charge in [-0.15, -0.1) is 0 Å². The average molecular weight is 313 g/mol. The lowest BCUT2D eigenvalue weighted by Crippen LogP contribution is -2.21. The van der Waals surface area contributed by atoms with E-state index in [1.54, 1.807) is 0 Å². The number of imidazole rings is 1. The van der Waals surface area contributed by atoms with Crippen molar-refractivity contribution in [2.45, 2.75) is 13.8 Å². The molecule has 0 bridgehead atoms. The van der Waals surface area contributed by atoms with Crippen molar-refractivity contribution in [3.63, 3.8) is 0 Å². The molecule has 1 aromatic rings. The van der Waals surface area contributed by atoms with E-state index in [9.17, 15) is 24.8 Å². The Hall–Kier alpha value is -2.91. The highest BCUT2D eigenvalue weighted by Crippen LogP contribution is 2.25. The van der Waals surface area contributed by atoms with Gasteiger partial charge in [0.25, 0.3) is 0 Å². The topological polar surface area (TPSA) is 134 Å². The zero-order valence-corrected chi connectivity index (χ0v) is 12.2. The molecule has 0 aliphatic carbocycles. The third-order valence-electron chi connectivity index (χ3n) is 2.51. The number of nitrogens with zero attached hydrogens (tertiary/aromatic N) is 3. The molecule has 0 unspecified atom stereocenters. The average Bonchev–Trinajstić information content (AvgIpc) is 2.81. The van der Waals surface area contributed by atoms with Gasteiger partial charge in [0.05, 0.1) is 13.2 Å². The van der Waals surface area contributed by atoms with Gasteiger partial charge in [0, 0.05) is 7.05 Å². The number of rotatable bonds is 6. The smallest absolute Gasteiger partial charge is 0.393 e. The van der Waals surface area contributed by atoms with Gasteiger partial charge in [0.15, 0.2) is 17.0 Å². The fraction of sp³-hybridized carbons (Fsp3) is 0.417. The van der Waals surface area contributed by atoms with Gasteiger partial charge in [-0.05, 0) is 23.8 Å². The molecule has 10 nitrogen and oxygen atoms in total. The molecule has 1 rings (SSSR count). The number of nitro groups is 1. The fourth-order valence-electron chi connectivity index (χ4n) is 1.63. The summed E-state index contributed by atoms with van der Waals surface area (Å²) in [6.07, 6.45) is 1.07. The maximum absolute atomic E-state index is 11.8. The molecule has 0 atom stereocenters. The molecule has 0 saturated heterocycles. The first kappa shape index (κ1) is 17.1. The predicted octanol–water partition coefficient (Wildman–Crippen LogP) is 0.724. The summed E-state index contributed by atoms with van der Waals surface area (Å²) in [7, 11) is 1.36. The molecule has 0 aromatic carbocycles. The summed E-state index contributed by atoms with van der Waals surface area (Å²) in [6.45, 7) is 2.90. The van der Waals surface area contributed by atoms with Gasteiger partial charge in [0.2, 0.25) is 6.33 Å². The molecule has 0 fully saturated rings. The molecule has 0 aliphatic rings. The van der Waals surface area contributed by atoms with Crippen molar-refractivity contribution in [3.8, 4) is 0 Å². The Morgan fingerprint density at radius 1 is 1.32 bits per heavy atom. The molecule has 1 N–H and O–H groups in total. The molecule has 0 amide bonds. The van der Waals surface area contributed by atoms with E-state index in [1.165, 1.54) is 20.9 Å². The minimum atomic E-state index is -1.14. The first-order valence-corrected chi connectivity index (χ1v) is 6.28. The van der Waals surface area contributed by atoms with E-state index in [0.717, 1.165) is 10.9 Å². The van der Waals surface area contributed by atoms with Crippen molar-refractivity contribution >= 4 is 23.5 Å². The van der Waals surface area contributed by atoms with Crippen molar-refractivity contribution in [1.82, 2.24) is 9.55 Å². The number of aliphatic hydroxyl groups is 1. The summed E-state index contributed by atoms with van der Waals surface area (Å²) in [5, 5.41) is 21.1. The Morgan fingerprint density at radius 3 is 2.23 bits per heavy atom. The molecular formula is C12H15N3O7. The molecule has 0 aliphatic heterocycles. The molecule has 10 heteroatoms. The maximum Gasteiger partial charge on any atom is 0.393 e. The van der Waals surface area contributed by atoms with E-state index in [-0.39, 0.29) is 13.2 Å². The van der Waals surface area contributed by atoms with Crippen molar-refractivity contribution in [1.29, 1.82) is 0 Å². The number of carbonyl (C=O) groups is 2. The monoisotopic (exact) mass is 313 g/mol. The zero-order valence-electron chi connectivity index (χ0n) is 12.2. The lowest BCUT2D eigenvalue weighted by molar-refractivity contribution is -0.389. The summed E-state index contributed by atoms with van der Waals surface area (Å²) in [5.74, 6) is -3.92. The SMILES string of the molecule is CCOC(=O)C(C(=O)OCC)=C(O)c1c([N+](=O)[O-])ncn1C. The second kappa shape index (κ2) is 7.20. The Morgan fingerprint density at radius 2 is 1.82 bits per heavy atom. The number of esters is 2. The number of hydrogen-bond donors (Lipinski definition) is 1. The van der Waals surface area contributed by atoms with Crippen LogP contribution in [0.25, 0.3) is 5.76 Å². The number of aromatic nitrogens is 2. The number of carbonyl (C=O) groups excluding carboxylic acids is 2. The normalized spacial score (nSPS) is 9.95. The van der Waals surface area contributed by atoms with Gasteiger partial charge in [-0.2, -0.15) is 0 Å². The van der Waals surface area contributed by atoms with Crippen LogP contribution in [0.1, 0.15) is 19.5 Å². The van der Waals surface area contributed by atoms with Crippen molar-refractivity contribution < 1.29 is 29.1 Å². The van der Waals surface area contributed by atoms with Gasteiger partial charge in [-0.1, -0.05) is 0 Å². The number of hydrogen-bond acceptors (Lipinski definition) is 8. The highest BCUT2D eigenvalue weighted by atomic mass is 16.6. The van der Waals surface area contributed by atoms with E-state index in [2.05, 4.69) is 14.5 Å². The molecule has 0 spiro atoms. The van der Waals surface area contributed by atoms with Crippen LogP contribution in [0, 0.1) is 10.1 Å². The van der Waals surface area contributed by atoms with E-state index < -0.39 is 39.7 Å². The molecular weight excluding hydrogens is 298 g/mol. The lowest BCUT2D eigenvalue weighted by Gasteiger charge is -2.09. The molecule has 0 saturated carbocycles. The third-order valence-corrected chi connectivity index (χ3v) is 2.51. The van der Waals surface area contributed by atoms with Gasteiger partial charge < -0.3 is 29.3 Å². The predicted molar refractivity (Wildman–Crippen MR) is 72.7 cm³/mol. The fourth-order valence-corrected chi connectivity index (χ4v) is 1.63. The van der Waals surface area contributed by atoms with Crippen LogP contribution in [0.4, 0.5) is 5.82 Å². The minimum Gasteiger partial charge on any atom is -0.504 e. The van der Waals surface area contributed by atoms with Crippen LogP contribution in [0.3, 0.4) is 0 Å². The van der Waals surface area contributed by atoms with Crippen LogP contribution in [-0.2, 0) is 26.1 Å². The van der Waals surface area contributed by atoms with E-state index in [0.29, 0.717) is 0 Å². The largest absolute Gasteiger partial charge is 0.504 e. The zero-order chi connectivity index (χ0) is 16.9. The lowest BCUT2D eigenvalue weighted by atomic mass is 10.2. The summed E-state index contributed by atoms with van der Waals surface area (Å²) in [4.78, 5) is 37.3. The minimum absolute atomic E-state index is 0.0531. The van der Waals surface area contributed by atoms with Crippen LogP contribution in [-0.4, -0.2) is 44.7 Å². The Bertz CT molecular complexity index is 613. The van der Waals surface area contributed by atoms with Crippen LogP contribution in [0.15, 0.2) is 11.9 Å². The maximum atomic E-state index is 11.8. The van der Waals surface area contributed by atoms with Crippen LogP contribution >= 0.6 is 0 Å². The molecule has 1 heterocycles. The number of aliphatic hydroxyl groups excluding tert-OH is 1. The van der Waals surface area contributed by atoms with E-state index >= 15 is 0 Å². The van der Waals surface area contributed by atoms with Gasteiger partial charge in [-0.25, -0.2) is 9.59 Å². The Kier molecular flexibility index (Phi) is 5.61. The molecule has 120 valence electrons. The van der Waals surface area contributed by atoms with Crippen LogP contribution in [0.5, 0.6) is 0 Å². The first-order valence-electron chi connectivity index (χ1n) is 6.28. The molecule has 1 aromatic heterocycles. The Labute approximate surface area is 125 Å². The third kappa shape index (κ3) is 3.40. The van der Waals surface area contributed by atoms with Gasteiger partial charge in [-0.3, -0.25) is 0 Å². The summed E-state index contributed by atoms with van der Waals surface area (Å²) in [5.41, 5.74) is -1.23. The first-order chi connectivity index (χ1) is 10.3. The van der Waals surface area contributed by atoms with E-state index in [1.807, 2.05) is 0 Å². The standard InChI is InChI=1S/C12H15N3O7/c1-4-21-11(17)7(12(18)22-5-2)9(16)8-10(15(19)20)13-6-14(8)3/h6,16H,4-5H2,1-3H3. The van der Waals surface area contributed by atoms with Gasteiger partial charge in [0.1, 0.15) is 0 Å². The highest BCUT2D eigenvalue weighted by Gasteiger charge is 2.33. The van der Waals surface area contributed by atoms with Crippen LogP contribution < -0.4 is 0 Å². The Balaban J connectivity index is 3.51. The molecule has 0 radical (unpaired) electrons. The highest BCUT2D eigenvalue weighted by molar-refractivity contribution is 6.19. The summed E-state index contributed by atoms with van der Waals surface area (Å²) in [6, 6.07) is 0. The summed E-state index contributed by atoms with van der Waals surface area (Å²) >= 11 is 0. The quantitative estimate of drug-likeness (QED) is 0.154. The number of ether oxygens (including phenoxy) is 2. The van der Waals surface area contributed by atoms with Crippen molar-refractivity contribution in [2.75, 3.05) is 13.2 Å². The van der Waals surface area contributed by atoms with Crippen molar-refractivity contribution in [3.05, 3.63) is 27.7 Å². The molecule has 22 heavy (non-hydrogen) atoms. The van der Waals surface area contributed by atoms with Gasteiger partial charge >= 0.3 is 17.8 Å². The summed E-state index contributed by atoms with van der Waals surface area (Å²) < 4.78 is 10.5. The number of aryl methyl sites for hydroxylation is 1.